The van der Waals surface area contributed by atoms with Gasteiger partial charge in [0, 0.05) is 23.5 Å². The van der Waals surface area contributed by atoms with Gasteiger partial charge in [0.15, 0.2) is 5.43 Å². The Morgan fingerprint density at radius 2 is 1.26 bits per heavy atom. The van der Waals surface area contributed by atoms with Crippen molar-refractivity contribution in [3.8, 4) is 40.1 Å². The molecule has 0 bridgehead atoms. The number of rotatable bonds is 6. The quantitative estimate of drug-likeness (QED) is 0.286. The van der Waals surface area contributed by atoms with Crippen LogP contribution in [0.25, 0.3) is 22.3 Å². The van der Waals surface area contributed by atoms with Crippen LogP contribution in [0.3, 0.4) is 0 Å². The van der Waals surface area contributed by atoms with Gasteiger partial charge < -0.3 is 30.1 Å². The molecule has 0 aliphatic rings. The highest BCUT2D eigenvalue weighted by Gasteiger charge is 2.15. The molecule has 0 aliphatic heterocycles. The average molecular weight is 466 g/mol. The highest BCUT2D eigenvalue weighted by molar-refractivity contribution is 5.81. The Bertz CT molecular complexity index is 1560. The van der Waals surface area contributed by atoms with Gasteiger partial charge in [0.1, 0.15) is 40.1 Å². The maximum atomic E-state index is 12.9. The van der Waals surface area contributed by atoms with Gasteiger partial charge in [0.25, 0.3) is 0 Å². The fourth-order valence-corrected chi connectivity index (χ4v) is 3.58. The lowest BCUT2D eigenvalue weighted by atomic mass is 10.1. The Kier molecular flexibility index (Phi) is 5.73. The first kappa shape index (κ1) is 21.9. The third kappa shape index (κ3) is 4.74. The van der Waals surface area contributed by atoms with Gasteiger partial charge in [-0.05, 0) is 78.9 Å². The van der Waals surface area contributed by atoms with E-state index in [1.54, 1.807) is 92.0 Å². The molecule has 0 unspecified atom stereocenters. The molecule has 5 rings (SSSR count). The number of nitrogen functional groups attached to an aromatic ring is 2. The summed E-state index contributed by atoms with van der Waals surface area (Å²) in [4.78, 5) is 12.9. The minimum Gasteiger partial charge on any atom is -0.497 e. The van der Waals surface area contributed by atoms with Crippen molar-refractivity contribution in [2.75, 3.05) is 18.6 Å². The van der Waals surface area contributed by atoms with Crippen LogP contribution in [0.4, 0.5) is 11.4 Å². The van der Waals surface area contributed by atoms with Gasteiger partial charge >= 0.3 is 0 Å². The number of benzene rings is 4. The van der Waals surface area contributed by atoms with Crippen molar-refractivity contribution in [2.45, 2.75) is 0 Å². The molecule has 7 nitrogen and oxygen atoms in total. The molecule has 0 aliphatic carbocycles. The summed E-state index contributed by atoms with van der Waals surface area (Å²) in [6.45, 7) is 0. The molecule has 35 heavy (non-hydrogen) atoms. The molecule has 1 heterocycles. The summed E-state index contributed by atoms with van der Waals surface area (Å²) < 4.78 is 23.5. The van der Waals surface area contributed by atoms with Crippen LogP contribution in [-0.2, 0) is 0 Å². The van der Waals surface area contributed by atoms with Crippen molar-refractivity contribution in [3.63, 3.8) is 0 Å². The lowest BCUT2D eigenvalue weighted by molar-refractivity contribution is 0.415. The van der Waals surface area contributed by atoms with Gasteiger partial charge in [-0.15, -0.1) is 0 Å². The second-order valence-corrected chi connectivity index (χ2v) is 7.84. The molecule has 1 aromatic heterocycles. The second kappa shape index (κ2) is 9.15. The first-order valence-electron chi connectivity index (χ1n) is 10.8. The maximum Gasteiger partial charge on any atom is 0.193 e. The molecule has 4 aromatic carbocycles. The van der Waals surface area contributed by atoms with Crippen LogP contribution >= 0.6 is 0 Å². The molecule has 174 valence electrons. The summed E-state index contributed by atoms with van der Waals surface area (Å²) >= 11 is 0. The van der Waals surface area contributed by atoms with E-state index in [0.717, 1.165) is 0 Å². The Hall–Kier alpha value is -4.91. The van der Waals surface area contributed by atoms with E-state index < -0.39 is 0 Å². The molecule has 0 atom stereocenters. The zero-order valence-electron chi connectivity index (χ0n) is 18.9. The van der Waals surface area contributed by atoms with Gasteiger partial charge in [0.05, 0.1) is 18.1 Å². The van der Waals surface area contributed by atoms with Gasteiger partial charge in [-0.25, -0.2) is 0 Å². The van der Waals surface area contributed by atoms with Gasteiger partial charge in [-0.2, -0.15) is 0 Å². The Morgan fingerprint density at radius 1 is 0.657 bits per heavy atom. The first-order chi connectivity index (χ1) is 17.0. The summed E-state index contributed by atoms with van der Waals surface area (Å²) in [6, 6.07) is 25.9. The minimum absolute atomic E-state index is 0.194. The number of ether oxygens (including phenoxy) is 3. The number of nitrogens with two attached hydrogens (primary N) is 2. The zero-order valence-corrected chi connectivity index (χ0v) is 18.9. The smallest absolute Gasteiger partial charge is 0.193 e. The molecule has 0 spiro atoms. The van der Waals surface area contributed by atoms with Crippen LogP contribution in [0.2, 0.25) is 0 Å². The molecule has 0 saturated heterocycles. The lowest BCUT2D eigenvalue weighted by Gasteiger charge is -2.14. The fourth-order valence-electron chi connectivity index (χ4n) is 3.58. The van der Waals surface area contributed by atoms with E-state index in [-0.39, 0.29) is 5.43 Å². The molecule has 0 radical (unpaired) electrons. The van der Waals surface area contributed by atoms with Crippen molar-refractivity contribution in [1.82, 2.24) is 0 Å². The number of anilines is 2. The molecule has 0 amide bonds. The van der Waals surface area contributed by atoms with Gasteiger partial charge in [0.2, 0.25) is 0 Å². The van der Waals surface area contributed by atoms with E-state index in [1.807, 2.05) is 0 Å². The van der Waals surface area contributed by atoms with Gasteiger partial charge in [-0.1, -0.05) is 0 Å². The summed E-state index contributed by atoms with van der Waals surface area (Å²) in [6.07, 6.45) is 0. The van der Waals surface area contributed by atoms with Crippen molar-refractivity contribution in [2.24, 2.45) is 0 Å². The SMILES string of the molecule is COc1ccc2oc(-c3ccc(Oc4ccc(N)cc4)cc3Oc3ccc(N)cc3)cc(=O)c2c1. The van der Waals surface area contributed by atoms with Crippen molar-refractivity contribution in [1.29, 1.82) is 0 Å². The molecule has 4 N–H and O–H groups in total. The monoisotopic (exact) mass is 466 g/mol. The number of fused-ring (bicyclic) bond motifs is 1. The predicted molar refractivity (Wildman–Crippen MR) is 136 cm³/mol. The molecular formula is C28H22N2O5. The summed E-state index contributed by atoms with van der Waals surface area (Å²) in [7, 11) is 1.55. The van der Waals surface area contributed by atoms with Crippen LogP contribution in [0.1, 0.15) is 0 Å². The molecule has 5 aromatic rings. The van der Waals surface area contributed by atoms with Crippen LogP contribution in [0.5, 0.6) is 28.7 Å². The Morgan fingerprint density at radius 3 is 1.91 bits per heavy atom. The van der Waals surface area contributed by atoms with E-state index in [9.17, 15) is 4.79 Å². The Labute approximate surface area is 201 Å². The molecule has 0 saturated carbocycles. The highest BCUT2D eigenvalue weighted by atomic mass is 16.5. The normalized spacial score (nSPS) is 10.8. The maximum absolute atomic E-state index is 12.9. The lowest BCUT2D eigenvalue weighted by Crippen LogP contribution is -2.01. The van der Waals surface area contributed by atoms with Crippen LogP contribution < -0.4 is 31.1 Å². The second-order valence-electron chi connectivity index (χ2n) is 7.84. The average Bonchev–Trinajstić information content (AvgIpc) is 2.87. The Balaban J connectivity index is 1.59. The standard InChI is InChI=1S/C28H22N2O5/c1-32-21-11-13-26-24(14-21)25(31)16-28(35-26)23-12-10-22(33-19-6-2-17(29)3-7-19)15-27(23)34-20-8-4-18(30)5-9-20/h2-16H,29-30H2,1H3. The van der Waals surface area contributed by atoms with Crippen LogP contribution in [-0.4, -0.2) is 7.11 Å². The first-order valence-corrected chi connectivity index (χ1v) is 10.8. The number of hydrogen-bond donors (Lipinski definition) is 2. The van der Waals surface area contributed by atoms with E-state index in [0.29, 0.717) is 62.4 Å². The third-order valence-electron chi connectivity index (χ3n) is 5.38. The highest BCUT2D eigenvalue weighted by Crippen LogP contribution is 2.38. The zero-order chi connectivity index (χ0) is 24.4. The summed E-state index contributed by atoms with van der Waals surface area (Å²) in [5, 5.41) is 0.428. The summed E-state index contributed by atoms with van der Waals surface area (Å²) in [5.74, 6) is 3.11. The van der Waals surface area contributed by atoms with Crippen molar-refractivity contribution in [3.05, 3.63) is 101 Å². The minimum atomic E-state index is -0.194. The third-order valence-corrected chi connectivity index (χ3v) is 5.38. The van der Waals surface area contributed by atoms with Crippen molar-refractivity contribution < 1.29 is 18.6 Å². The van der Waals surface area contributed by atoms with E-state index >= 15 is 0 Å². The van der Waals surface area contributed by atoms with Gasteiger partial charge in [-0.3, -0.25) is 4.79 Å². The molecule has 7 heteroatoms. The molecular weight excluding hydrogens is 444 g/mol. The predicted octanol–water partition coefficient (Wildman–Crippen LogP) is 6.22. The topological polar surface area (TPSA) is 110 Å². The largest absolute Gasteiger partial charge is 0.497 e. The number of hydrogen-bond acceptors (Lipinski definition) is 7. The summed E-state index contributed by atoms with van der Waals surface area (Å²) in [5.41, 5.74) is 13.7. The van der Waals surface area contributed by atoms with Crippen molar-refractivity contribution >= 4 is 22.3 Å². The van der Waals surface area contributed by atoms with E-state index in [1.165, 1.54) is 6.07 Å². The fraction of sp³-hybridized carbons (Fsp3) is 0.0357. The number of methoxy groups -OCH3 is 1. The van der Waals surface area contributed by atoms with E-state index in [2.05, 4.69) is 0 Å². The molecule has 0 fully saturated rings. The van der Waals surface area contributed by atoms with Crippen LogP contribution in [0, 0.1) is 0 Å². The van der Waals surface area contributed by atoms with E-state index in [4.69, 9.17) is 30.1 Å². The van der Waals surface area contributed by atoms with Crippen LogP contribution in [0.15, 0.2) is 100 Å².